The topological polar surface area (TPSA) is 40.5 Å². The molecule has 0 atom stereocenters. The van der Waals surface area contributed by atoms with Gasteiger partial charge in [0.1, 0.15) is 0 Å². The Labute approximate surface area is 110 Å². The summed E-state index contributed by atoms with van der Waals surface area (Å²) < 4.78 is 0.799. The molecule has 1 rings (SSSR count). The van der Waals surface area contributed by atoms with E-state index >= 15 is 0 Å². The number of carbonyl (C=O) groups is 1. The van der Waals surface area contributed by atoms with E-state index in [1.807, 2.05) is 45.0 Å². The van der Waals surface area contributed by atoms with E-state index in [1.165, 1.54) is 4.90 Å². The first-order valence-electron chi connectivity index (χ1n) is 5.05. The predicted octanol–water partition coefficient (Wildman–Crippen LogP) is 3.90. The summed E-state index contributed by atoms with van der Waals surface area (Å²) in [6, 6.07) is 7.61. The molecule has 0 unspecified atom stereocenters. The molecule has 1 N–H and O–H groups in total. The average Bonchev–Trinajstić information content (AvgIpc) is 2.15. The van der Waals surface area contributed by atoms with Gasteiger partial charge >= 0.3 is 6.09 Å². The number of nitrogens with zero attached hydrogens (tertiary/aromatic N) is 1. The van der Waals surface area contributed by atoms with Crippen LogP contribution in [0.15, 0.2) is 24.3 Å². The molecule has 0 fully saturated rings. The Morgan fingerprint density at radius 3 is 2.38 bits per heavy atom. The summed E-state index contributed by atoms with van der Waals surface area (Å²) in [6.45, 7) is 5.68. The second-order valence-corrected chi connectivity index (χ2v) is 5.31. The first-order chi connectivity index (χ1) is 7.38. The number of amides is 1. The first kappa shape index (κ1) is 13.3. The molecule has 88 valence electrons. The number of carboxylic acid groups (broad SMARTS) is 1. The molecule has 16 heavy (non-hydrogen) atoms. The van der Waals surface area contributed by atoms with Gasteiger partial charge in [0.05, 0.1) is 5.69 Å². The number of hydrogen-bond donors (Lipinski definition) is 1. The lowest BCUT2D eigenvalue weighted by molar-refractivity contribution is 0.195. The van der Waals surface area contributed by atoms with Crippen molar-refractivity contribution in [2.45, 2.75) is 30.7 Å². The summed E-state index contributed by atoms with van der Waals surface area (Å²) >= 11 is 2.24. The van der Waals surface area contributed by atoms with E-state index in [9.17, 15) is 9.90 Å². The highest BCUT2D eigenvalue weighted by molar-refractivity contribution is 14.1. The zero-order chi connectivity index (χ0) is 12.3. The zero-order valence-electron chi connectivity index (χ0n) is 9.70. The minimum Gasteiger partial charge on any atom is -0.465 e. The third kappa shape index (κ3) is 2.87. The maximum absolute atomic E-state index is 11.3. The van der Waals surface area contributed by atoms with Crippen LogP contribution in [0.3, 0.4) is 0 Å². The van der Waals surface area contributed by atoms with Crippen LogP contribution in [0.1, 0.15) is 26.3 Å². The van der Waals surface area contributed by atoms with E-state index in [1.54, 1.807) is 0 Å². The van der Waals surface area contributed by atoms with Gasteiger partial charge in [-0.1, -0.05) is 40.8 Å². The third-order valence-electron chi connectivity index (χ3n) is 2.24. The molecule has 1 amide bonds. The van der Waals surface area contributed by atoms with Crippen molar-refractivity contribution in [1.29, 1.82) is 0 Å². The summed E-state index contributed by atoms with van der Waals surface area (Å²) in [5.74, 6) is 0. The van der Waals surface area contributed by atoms with E-state index < -0.39 is 11.6 Å². The van der Waals surface area contributed by atoms with E-state index in [2.05, 4.69) is 22.6 Å². The van der Waals surface area contributed by atoms with Gasteiger partial charge in [-0.25, -0.2) is 4.79 Å². The van der Waals surface area contributed by atoms with Crippen LogP contribution in [0.4, 0.5) is 10.5 Å². The molecule has 0 aliphatic carbocycles. The van der Waals surface area contributed by atoms with Crippen molar-refractivity contribution in [2.75, 3.05) is 4.90 Å². The number of benzene rings is 1. The quantitative estimate of drug-likeness (QED) is 0.659. The fourth-order valence-electron chi connectivity index (χ4n) is 1.59. The molecule has 1 aromatic carbocycles. The van der Waals surface area contributed by atoms with Crippen LogP contribution in [0.5, 0.6) is 0 Å². The van der Waals surface area contributed by atoms with Gasteiger partial charge in [0.25, 0.3) is 0 Å². The average molecular weight is 333 g/mol. The maximum Gasteiger partial charge on any atom is 0.412 e. The van der Waals surface area contributed by atoms with Crippen molar-refractivity contribution < 1.29 is 9.90 Å². The molecule has 0 bridgehead atoms. The van der Waals surface area contributed by atoms with Gasteiger partial charge < -0.3 is 5.11 Å². The predicted molar refractivity (Wildman–Crippen MR) is 74.4 cm³/mol. The van der Waals surface area contributed by atoms with Gasteiger partial charge in [0, 0.05) is 9.97 Å². The van der Waals surface area contributed by atoms with Crippen LogP contribution < -0.4 is 4.90 Å². The Kier molecular flexibility index (Phi) is 4.18. The van der Waals surface area contributed by atoms with Gasteiger partial charge in [-0.15, -0.1) is 0 Å². The van der Waals surface area contributed by atoms with Crippen LogP contribution in [0, 0.1) is 0 Å². The Bertz CT molecular complexity index is 385. The molecule has 3 nitrogen and oxygen atoms in total. The summed E-state index contributed by atoms with van der Waals surface area (Å²) in [5, 5.41) is 9.31. The Morgan fingerprint density at radius 1 is 1.38 bits per heavy atom. The van der Waals surface area contributed by atoms with Crippen LogP contribution in [0.25, 0.3) is 0 Å². The van der Waals surface area contributed by atoms with Gasteiger partial charge in [0.2, 0.25) is 0 Å². The largest absolute Gasteiger partial charge is 0.465 e. The normalized spacial score (nSPS) is 11.2. The molecular weight excluding hydrogens is 317 g/mol. The molecule has 0 saturated heterocycles. The summed E-state index contributed by atoms with van der Waals surface area (Å²) in [5.41, 5.74) is 1.38. The number of rotatable bonds is 2. The minimum atomic E-state index is -0.912. The number of alkyl halides is 1. The smallest absolute Gasteiger partial charge is 0.412 e. The van der Waals surface area contributed by atoms with Gasteiger partial charge in [-0.2, -0.15) is 0 Å². The van der Waals surface area contributed by atoms with Crippen molar-refractivity contribution >= 4 is 34.4 Å². The van der Waals surface area contributed by atoms with Crippen LogP contribution in [-0.4, -0.2) is 16.7 Å². The van der Waals surface area contributed by atoms with Gasteiger partial charge in [0.15, 0.2) is 0 Å². The fraction of sp³-hybridized carbons (Fsp3) is 0.417. The van der Waals surface area contributed by atoms with Crippen LogP contribution >= 0.6 is 22.6 Å². The van der Waals surface area contributed by atoms with Crippen molar-refractivity contribution in [3.05, 3.63) is 29.8 Å². The standard InChI is InChI=1S/C12H16INO2/c1-12(2,3)14(11(15)16)10-7-5-4-6-9(10)8-13/h4-7H,8H2,1-3H3,(H,15,16). The second kappa shape index (κ2) is 5.03. The number of para-hydroxylation sites is 1. The summed E-state index contributed by atoms with van der Waals surface area (Å²) in [4.78, 5) is 12.8. The lowest BCUT2D eigenvalue weighted by Crippen LogP contribution is -2.45. The SMILES string of the molecule is CC(C)(C)N(C(=O)O)c1ccccc1CI. The molecule has 0 saturated carbocycles. The van der Waals surface area contributed by atoms with Crippen molar-refractivity contribution in [2.24, 2.45) is 0 Å². The highest BCUT2D eigenvalue weighted by atomic mass is 127. The van der Waals surface area contributed by atoms with Crippen LogP contribution in [-0.2, 0) is 4.43 Å². The summed E-state index contributed by atoms with van der Waals surface area (Å²) in [6.07, 6.45) is -0.912. The highest BCUT2D eigenvalue weighted by Crippen LogP contribution is 2.28. The Hall–Kier alpha value is -0.780. The third-order valence-corrected chi connectivity index (χ3v) is 3.06. The van der Waals surface area contributed by atoms with E-state index in [-0.39, 0.29) is 0 Å². The molecule has 0 radical (unpaired) electrons. The molecule has 0 aliphatic rings. The number of halogens is 1. The molecule has 4 heteroatoms. The fourth-order valence-corrected chi connectivity index (χ4v) is 2.24. The molecule has 0 aliphatic heterocycles. The molecule has 1 aromatic rings. The van der Waals surface area contributed by atoms with E-state index in [0.29, 0.717) is 0 Å². The lowest BCUT2D eigenvalue weighted by Gasteiger charge is -2.34. The number of hydrogen-bond acceptors (Lipinski definition) is 1. The van der Waals surface area contributed by atoms with Crippen molar-refractivity contribution in [3.63, 3.8) is 0 Å². The Balaban J connectivity index is 3.27. The maximum atomic E-state index is 11.3. The van der Waals surface area contributed by atoms with E-state index in [0.717, 1.165) is 15.7 Å². The van der Waals surface area contributed by atoms with Crippen LogP contribution in [0.2, 0.25) is 0 Å². The first-order valence-corrected chi connectivity index (χ1v) is 6.57. The lowest BCUT2D eigenvalue weighted by atomic mass is 10.0. The zero-order valence-corrected chi connectivity index (χ0v) is 11.9. The molecule has 0 aromatic heterocycles. The highest BCUT2D eigenvalue weighted by Gasteiger charge is 2.28. The van der Waals surface area contributed by atoms with Crippen molar-refractivity contribution in [3.8, 4) is 0 Å². The van der Waals surface area contributed by atoms with Gasteiger partial charge in [-0.05, 0) is 32.4 Å². The van der Waals surface area contributed by atoms with E-state index in [4.69, 9.17) is 0 Å². The van der Waals surface area contributed by atoms with Gasteiger partial charge in [-0.3, -0.25) is 4.90 Å². The van der Waals surface area contributed by atoms with Crippen molar-refractivity contribution in [1.82, 2.24) is 0 Å². The Morgan fingerprint density at radius 2 is 1.94 bits per heavy atom. The molecule has 0 spiro atoms. The second-order valence-electron chi connectivity index (χ2n) is 4.55. The molecule has 0 heterocycles. The monoisotopic (exact) mass is 333 g/mol. The number of anilines is 1. The minimum absolute atomic E-state index is 0.437. The molecular formula is C12H16INO2. The summed E-state index contributed by atoms with van der Waals surface area (Å²) in [7, 11) is 0.